The Hall–Kier alpha value is -0.680. The van der Waals surface area contributed by atoms with Crippen molar-refractivity contribution in [3.63, 3.8) is 0 Å². The average molecular weight is 219 g/mol. The van der Waals surface area contributed by atoms with Crippen LogP contribution in [0, 0.1) is 5.92 Å². The molecule has 0 radical (unpaired) electrons. The molecule has 1 aliphatic rings. The van der Waals surface area contributed by atoms with E-state index in [1.807, 2.05) is 0 Å². The van der Waals surface area contributed by atoms with E-state index in [4.69, 9.17) is 4.74 Å². The molecule has 5 heteroatoms. The molecule has 1 heterocycles. The summed E-state index contributed by atoms with van der Waals surface area (Å²) in [5.74, 6) is -0.578. The van der Waals surface area contributed by atoms with Gasteiger partial charge >= 0.3 is 5.97 Å². The van der Waals surface area contributed by atoms with E-state index in [1.165, 1.54) is 0 Å². The van der Waals surface area contributed by atoms with Crippen molar-refractivity contribution in [2.45, 2.75) is 26.1 Å². The largest absolute Gasteiger partial charge is 0.462 e. The molecule has 0 amide bonds. The fraction of sp³-hybridized carbons (Fsp3) is 0.900. The fourth-order valence-electron chi connectivity index (χ4n) is 1.54. The van der Waals surface area contributed by atoms with Gasteiger partial charge in [0.05, 0.1) is 13.2 Å². The number of alkyl halides is 1. The van der Waals surface area contributed by atoms with Gasteiger partial charge in [-0.05, 0) is 38.8 Å². The molecule has 0 aromatic heterocycles. The van der Waals surface area contributed by atoms with Crippen molar-refractivity contribution in [1.29, 1.82) is 0 Å². The molecule has 15 heavy (non-hydrogen) atoms. The molecule has 1 atom stereocenters. The van der Waals surface area contributed by atoms with Gasteiger partial charge in [0.25, 0.3) is 6.36 Å². The Morgan fingerprint density at radius 3 is 2.80 bits per heavy atom. The third-order valence-electron chi connectivity index (χ3n) is 2.41. The Bertz CT molecular complexity index is 195. The van der Waals surface area contributed by atoms with E-state index < -0.39 is 12.3 Å². The average Bonchev–Trinajstić information content (AvgIpc) is 2.27. The fourth-order valence-corrected chi connectivity index (χ4v) is 1.54. The van der Waals surface area contributed by atoms with Crippen molar-refractivity contribution in [1.82, 2.24) is 5.32 Å². The normalized spacial score (nSPS) is 19.9. The zero-order valence-electron chi connectivity index (χ0n) is 9.00. The van der Waals surface area contributed by atoms with Gasteiger partial charge in [0.15, 0.2) is 0 Å². The number of hydrogen-bond donors (Lipinski definition) is 1. The molecule has 0 spiro atoms. The monoisotopic (exact) mass is 219 g/mol. The Morgan fingerprint density at radius 1 is 1.53 bits per heavy atom. The molecule has 1 saturated heterocycles. The quantitative estimate of drug-likeness (QED) is 0.697. The van der Waals surface area contributed by atoms with Crippen molar-refractivity contribution >= 4 is 5.97 Å². The Kier molecular flexibility index (Phi) is 5.57. The third-order valence-corrected chi connectivity index (χ3v) is 2.41. The number of hydrogen-bond acceptors (Lipinski definition) is 4. The topological polar surface area (TPSA) is 47.6 Å². The highest BCUT2D eigenvalue weighted by atomic mass is 19.1. The van der Waals surface area contributed by atoms with Crippen LogP contribution in [0.4, 0.5) is 4.39 Å². The molecule has 1 aliphatic heterocycles. The molecule has 1 rings (SSSR count). The summed E-state index contributed by atoms with van der Waals surface area (Å²) in [6.07, 6.45) is 0.00490. The van der Waals surface area contributed by atoms with E-state index >= 15 is 0 Å². The van der Waals surface area contributed by atoms with Crippen LogP contribution in [0.3, 0.4) is 0 Å². The maximum absolute atomic E-state index is 13.0. The second kappa shape index (κ2) is 6.74. The molecule has 0 aliphatic carbocycles. The molecule has 0 saturated carbocycles. The number of carbonyl (C=O) groups excluding carboxylic acids is 1. The predicted molar refractivity (Wildman–Crippen MR) is 53.1 cm³/mol. The minimum absolute atomic E-state index is 0.177. The molecule has 4 nitrogen and oxygen atoms in total. The van der Waals surface area contributed by atoms with Crippen molar-refractivity contribution < 1.29 is 18.7 Å². The van der Waals surface area contributed by atoms with Crippen LogP contribution in [0.1, 0.15) is 19.8 Å². The van der Waals surface area contributed by atoms with Crippen LogP contribution < -0.4 is 5.32 Å². The summed E-state index contributed by atoms with van der Waals surface area (Å²) in [6, 6.07) is 0. The van der Waals surface area contributed by atoms with E-state index in [0.29, 0.717) is 12.5 Å². The van der Waals surface area contributed by atoms with E-state index in [2.05, 4.69) is 10.1 Å². The number of halogens is 1. The summed E-state index contributed by atoms with van der Waals surface area (Å²) in [6.45, 7) is 3.98. The predicted octanol–water partition coefficient (Wildman–Crippen LogP) is 0.861. The maximum atomic E-state index is 13.0. The molecule has 0 aromatic carbocycles. The standard InChI is InChI=1S/C10H18FNO3/c1-2-14-10(13)9(11)15-7-8-3-5-12-6-4-8/h8-9,12H,2-7H2,1H3. The SMILES string of the molecule is CCOC(=O)C(F)OCC1CCNCC1. The summed E-state index contributed by atoms with van der Waals surface area (Å²) in [7, 11) is 0. The van der Waals surface area contributed by atoms with Gasteiger partial charge in [-0.15, -0.1) is 0 Å². The van der Waals surface area contributed by atoms with E-state index in [0.717, 1.165) is 25.9 Å². The molecule has 0 bridgehead atoms. The molecule has 1 unspecified atom stereocenters. The highest BCUT2D eigenvalue weighted by Gasteiger charge is 2.21. The van der Waals surface area contributed by atoms with Crippen molar-refractivity contribution in [3.8, 4) is 0 Å². The first-order valence-electron chi connectivity index (χ1n) is 5.37. The van der Waals surface area contributed by atoms with Gasteiger partial charge in [-0.1, -0.05) is 0 Å². The van der Waals surface area contributed by atoms with Crippen LogP contribution in [0.5, 0.6) is 0 Å². The molecule has 0 aromatic rings. The first kappa shape index (κ1) is 12.4. The lowest BCUT2D eigenvalue weighted by atomic mass is 9.99. The van der Waals surface area contributed by atoms with Gasteiger partial charge in [-0.25, -0.2) is 9.18 Å². The van der Waals surface area contributed by atoms with Crippen LogP contribution >= 0.6 is 0 Å². The van der Waals surface area contributed by atoms with Crippen LogP contribution in [0.15, 0.2) is 0 Å². The van der Waals surface area contributed by atoms with E-state index in [1.54, 1.807) is 6.92 Å². The Balaban J connectivity index is 2.14. The zero-order valence-corrected chi connectivity index (χ0v) is 9.00. The number of carbonyl (C=O) groups is 1. The van der Waals surface area contributed by atoms with Crippen LogP contribution in [-0.2, 0) is 14.3 Å². The van der Waals surface area contributed by atoms with Gasteiger partial charge in [-0.3, -0.25) is 0 Å². The first-order valence-corrected chi connectivity index (χ1v) is 5.37. The van der Waals surface area contributed by atoms with E-state index in [9.17, 15) is 9.18 Å². The third kappa shape index (κ3) is 4.57. The summed E-state index contributed by atoms with van der Waals surface area (Å²) in [5, 5.41) is 3.20. The maximum Gasteiger partial charge on any atom is 0.368 e. The number of rotatable bonds is 5. The van der Waals surface area contributed by atoms with Crippen molar-refractivity contribution in [3.05, 3.63) is 0 Å². The summed E-state index contributed by atoms with van der Waals surface area (Å²) < 4.78 is 22.3. The van der Waals surface area contributed by atoms with Crippen LogP contribution in [0.25, 0.3) is 0 Å². The molecule has 1 N–H and O–H groups in total. The molecular weight excluding hydrogens is 201 g/mol. The smallest absolute Gasteiger partial charge is 0.368 e. The zero-order chi connectivity index (χ0) is 11.1. The minimum Gasteiger partial charge on any atom is -0.462 e. The van der Waals surface area contributed by atoms with Gasteiger partial charge in [0, 0.05) is 0 Å². The Morgan fingerprint density at radius 2 is 2.20 bits per heavy atom. The number of piperidine rings is 1. The lowest BCUT2D eigenvalue weighted by Crippen LogP contribution is -2.32. The van der Waals surface area contributed by atoms with Crippen LogP contribution in [-0.4, -0.2) is 38.6 Å². The summed E-state index contributed by atoms with van der Waals surface area (Å²) >= 11 is 0. The van der Waals surface area contributed by atoms with Crippen molar-refractivity contribution in [2.75, 3.05) is 26.3 Å². The molecule has 1 fully saturated rings. The molecular formula is C10H18FNO3. The van der Waals surface area contributed by atoms with Gasteiger partial charge < -0.3 is 14.8 Å². The second-order valence-electron chi connectivity index (χ2n) is 3.59. The lowest BCUT2D eigenvalue weighted by molar-refractivity contribution is -0.171. The number of esters is 1. The highest BCUT2D eigenvalue weighted by Crippen LogP contribution is 2.13. The van der Waals surface area contributed by atoms with Gasteiger partial charge in [-0.2, -0.15) is 0 Å². The van der Waals surface area contributed by atoms with E-state index in [-0.39, 0.29) is 6.61 Å². The highest BCUT2D eigenvalue weighted by molar-refractivity contribution is 5.72. The Labute approximate surface area is 89.1 Å². The first-order chi connectivity index (χ1) is 7.24. The summed E-state index contributed by atoms with van der Waals surface area (Å²) in [5.41, 5.74) is 0. The molecule has 88 valence electrons. The summed E-state index contributed by atoms with van der Waals surface area (Å²) in [4.78, 5) is 10.9. The number of nitrogens with one attached hydrogen (secondary N) is 1. The van der Waals surface area contributed by atoms with Crippen molar-refractivity contribution in [2.24, 2.45) is 5.92 Å². The van der Waals surface area contributed by atoms with Gasteiger partial charge in [0.2, 0.25) is 0 Å². The van der Waals surface area contributed by atoms with Crippen LogP contribution in [0.2, 0.25) is 0 Å². The number of ether oxygens (including phenoxy) is 2. The second-order valence-corrected chi connectivity index (χ2v) is 3.59. The lowest BCUT2D eigenvalue weighted by Gasteiger charge is -2.22. The van der Waals surface area contributed by atoms with Gasteiger partial charge in [0.1, 0.15) is 0 Å². The minimum atomic E-state index is -1.93.